The number of nitrogens with two attached hydrogens (primary N) is 1. The molecule has 2 heteroatoms. The van der Waals surface area contributed by atoms with E-state index in [1.54, 1.807) is 0 Å². The summed E-state index contributed by atoms with van der Waals surface area (Å²) in [6.07, 6.45) is 1.22. The quantitative estimate of drug-likeness (QED) is 0.493. The van der Waals surface area contributed by atoms with E-state index in [4.69, 9.17) is 5.73 Å². The van der Waals surface area contributed by atoms with Gasteiger partial charge in [0.15, 0.2) is 0 Å². The summed E-state index contributed by atoms with van der Waals surface area (Å²) in [6, 6.07) is 1.04. The minimum Gasteiger partial charge on any atom is -0.326 e. The van der Waals surface area contributed by atoms with Gasteiger partial charge in [-0.3, -0.25) is 0 Å². The highest BCUT2D eigenvalue weighted by molar-refractivity contribution is 4.81. The minimum absolute atomic E-state index is 0.376. The zero-order valence-electron chi connectivity index (χ0n) is 6.22. The fourth-order valence-electron chi connectivity index (χ4n) is 1.35. The molecule has 1 aliphatic heterocycles. The second-order valence-corrected chi connectivity index (χ2v) is 3.19. The highest BCUT2D eigenvalue weighted by Crippen LogP contribution is 2.13. The van der Waals surface area contributed by atoms with Gasteiger partial charge in [-0.15, -0.1) is 0 Å². The van der Waals surface area contributed by atoms with Crippen LogP contribution in [0.15, 0.2) is 0 Å². The monoisotopic (exact) mass is 128 g/mol. The Morgan fingerprint density at radius 2 is 2.11 bits per heavy atom. The molecule has 0 bridgehead atoms. The summed E-state index contributed by atoms with van der Waals surface area (Å²) in [5.41, 5.74) is 5.78. The first-order valence-electron chi connectivity index (χ1n) is 3.69. The van der Waals surface area contributed by atoms with Crippen LogP contribution in [0.5, 0.6) is 0 Å². The van der Waals surface area contributed by atoms with Crippen LogP contribution in [0, 0.1) is 5.92 Å². The third kappa shape index (κ3) is 1.66. The molecule has 0 spiro atoms. The van der Waals surface area contributed by atoms with Crippen molar-refractivity contribution in [1.29, 1.82) is 0 Å². The van der Waals surface area contributed by atoms with Gasteiger partial charge >= 0.3 is 0 Å². The lowest BCUT2D eigenvalue weighted by molar-refractivity contribution is 0.295. The van der Waals surface area contributed by atoms with Crippen LogP contribution in [0.1, 0.15) is 20.3 Å². The van der Waals surface area contributed by atoms with E-state index in [0.717, 1.165) is 6.54 Å². The number of rotatable bonds is 0. The lowest BCUT2D eigenvalue weighted by atomic mass is 9.91. The molecule has 1 fully saturated rings. The van der Waals surface area contributed by atoms with Gasteiger partial charge in [0, 0.05) is 18.6 Å². The summed E-state index contributed by atoms with van der Waals surface area (Å²) < 4.78 is 0. The molecular formula is C7H16N2. The molecule has 3 unspecified atom stereocenters. The largest absolute Gasteiger partial charge is 0.326 e. The van der Waals surface area contributed by atoms with Crippen molar-refractivity contribution in [2.75, 3.05) is 6.54 Å². The molecule has 0 aromatic heterocycles. The van der Waals surface area contributed by atoms with E-state index in [0.29, 0.717) is 18.0 Å². The smallest absolute Gasteiger partial charge is 0.0191 e. The highest BCUT2D eigenvalue weighted by atomic mass is 15.0. The van der Waals surface area contributed by atoms with Crippen LogP contribution in [-0.4, -0.2) is 18.6 Å². The van der Waals surface area contributed by atoms with Crippen LogP contribution in [0.3, 0.4) is 0 Å². The number of hydrogen-bond acceptors (Lipinski definition) is 2. The van der Waals surface area contributed by atoms with Crippen molar-refractivity contribution in [3.8, 4) is 0 Å². The topological polar surface area (TPSA) is 38.0 Å². The standard InChI is InChI=1S/C7H16N2/c1-5-3-6(2)9-4-7(5)8/h5-7,9H,3-4,8H2,1-2H3. The van der Waals surface area contributed by atoms with Crippen molar-refractivity contribution in [2.24, 2.45) is 11.7 Å². The predicted octanol–water partition coefficient (Wildman–Crippen LogP) is 0.332. The number of piperidine rings is 1. The molecule has 3 N–H and O–H groups in total. The second-order valence-electron chi connectivity index (χ2n) is 3.19. The zero-order valence-corrected chi connectivity index (χ0v) is 6.22. The van der Waals surface area contributed by atoms with Crippen LogP contribution in [0.25, 0.3) is 0 Å². The second kappa shape index (κ2) is 2.67. The molecule has 0 radical (unpaired) electrons. The molecule has 54 valence electrons. The Bertz CT molecular complexity index is 92.9. The third-order valence-electron chi connectivity index (χ3n) is 2.16. The highest BCUT2D eigenvalue weighted by Gasteiger charge is 2.20. The number of nitrogens with one attached hydrogen (secondary N) is 1. The summed E-state index contributed by atoms with van der Waals surface area (Å²) in [7, 11) is 0. The van der Waals surface area contributed by atoms with Gasteiger partial charge in [0.2, 0.25) is 0 Å². The Balaban J connectivity index is 2.35. The number of hydrogen-bond donors (Lipinski definition) is 2. The third-order valence-corrected chi connectivity index (χ3v) is 2.16. The Labute approximate surface area is 56.8 Å². The summed E-state index contributed by atoms with van der Waals surface area (Å²) >= 11 is 0. The maximum Gasteiger partial charge on any atom is 0.0191 e. The van der Waals surface area contributed by atoms with Crippen LogP contribution in [0.2, 0.25) is 0 Å². The molecule has 9 heavy (non-hydrogen) atoms. The van der Waals surface area contributed by atoms with Crippen LogP contribution in [0.4, 0.5) is 0 Å². The van der Waals surface area contributed by atoms with Crippen molar-refractivity contribution >= 4 is 0 Å². The molecular weight excluding hydrogens is 112 g/mol. The molecule has 0 aliphatic carbocycles. The molecule has 0 saturated carbocycles. The average Bonchev–Trinajstić information content (AvgIpc) is 1.80. The van der Waals surface area contributed by atoms with Gasteiger partial charge in [-0.2, -0.15) is 0 Å². The van der Waals surface area contributed by atoms with Crippen molar-refractivity contribution in [3.63, 3.8) is 0 Å². The van der Waals surface area contributed by atoms with E-state index in [1.807, 2.05) is 0 Å². The molecule has 1 heterocycles. The Morgan fingerprint density at radius 3 is 2.56 bits per heavy atom. The molecule has 0 amide bonds. The SMILES string of the molecule is CC1CC(C)C(N)CN1. The van der Waals surface area contributed by atoms with Gasteiger partial charge in [-0.05, 0) is 19.3 Å². The van der Waals surface area contributed by atoms with Gasteiger partial charge in [-0.25, -0.2) is 0 Å². The summed E-state index contributed by atoms with van der Waals surface area (Å²) in [4.78, 5) is 0. The Kier molecular flexibility index (Phi) is 2.09. The lowest BCUT2D eigenvalue weighted by Crippen LogP contribution is -2.48. The maximum atomic E-state index is 5.78. The van der Waals surface area contributed by atoms with Gasteiger partial charge in [0.05, 0.1) is 0 Å². The zero-order chi connectivity index (χ0) is 6.85. The first-order chi connectivity index (χ1) is 4.20. The molecule has 1 saturated heterocycles. The van der Waals surface area contributed by atoms with Crippen molar-refractivity contribution in [3.05, 3.63) is 0 Å². The molecule has 2 nitrogen and oxygen atoms in total. The molecule has 0 aromatic rings. The molecule has 1 aliphatic rings. The van der Waals surface area contributed by atoms with E-state index >= 15 is 0 Å². The van der Waals surface area contributed by atoms with Crippen molar-refractivity contribution in [1.82, 2.24) is 5.32 Å². The van der Waals surface area contributed by atoms with Crippen LogP contribution < -0.4 is 11.1 Å². The van der Waals surface area contributed by atoms with Gasteiger partial charge in [-0.1, -0.05) is 6.92 Å². The van der Waals surface area contributed by atoms with Crippen LogP contribution in [-0.2, 0) is 0 Å². The van der Waals surface area contributed by atoms with E-state index in [9.17, 15) is 0 Å². The van der Waals surface area contributed by atoms with E-state index < -0.39 is 0 Å². The normalized spacial score (nSPS) is 45.0. The Hall–Kier alpha value is -0.0800. The fraction of sp³-hybridized carbons (Fsp3) is 1.00. The summed E-state index contributed by atoms with van der Waals surface area (Å²) in [5.74, 6) is 0.696. The maximum absolute atomic E-state index is 5.78. The average molecular weight is 128 g/mol. The Morgan fingerprint density at radius 1 is 1.44 bits per heavy atom. The fourth-order valence-corrected chi connectivity index (χ4v) is 1.35. The van der Waals surface area contributed by atoms with E-state index in [2.05, 4.69) is 19.2 Å². The van der Waals surface area contributed by atoms with Crippen molar-refractivity contribution in [2.45, 2.75) is 32.4 Å². The first kappa shape index (κ1) is 7.03. The molecule has 1 rings (SSSR count). The van der Waals surface area contributed by atoms with E-state index in [1.165, 1.54) is 6.42 Å². The molecule has 3 atom stereocenters. The van der Waals surface area contributed by atoms with Gasteiger partial charge in [0.1, 0.15) is 0 Å². The van der Waals surface area contributed by atoms with Crippen LogP contribution >= 0.6 is 0 Å². The van der Waals surface area contributed by atoms with E-state index in [-0.39, 0.29) is 0 Å². The summed E-state index contributed by atoms with van der Waals surface area (Å²) in [5, 5.41) is 3.34. The summed E-state index contributed by atoms with van der Waals surface area (Å²) in [6.45, 7) is 5.42. The lowest BCUT2D eigenvalue weighted by Gasteiger charge is -2.30. The first-order valence-corrected chi connectivity index (χ1v) is 3.69. The van der Waals surface area contributed by atoms with Crippen molar-refractivity contribution < 1.29 is 0 Å². The van der Waals surface area contributed by atoms with Gasteiger partial charge < -0.3 is 11.1 Å². The minimum atomic E-state index is 0.376. The van der Waals surface area contributed by atoms with Gasteiger partial charge in [0.25, 0.3) is 0 Å². The predicted molar refractivity (Wildman–Crippen MR) is 39.2 cm³/mol. The molecule has 0 aromatic carbocycles.